The van der Waals surface area contributed by atoms with Gasteiger partial charge < -0.3 is 5.73 Å². The number of rotatable bonds is 2. The SMILES string of the molecule is Cl.Cl.NC(c1ncn[nH]1)C1CC1. The molecule has 1 unspecified atom stereocenters. The molecule has 0 saturated heterocycles. The van der Waals surface area contributed by atoms with Crippen molar-refractivity contribution in [1.29, 1.82) is 0 Å². The second-order valence-electron chi connectivity index (χ2n) is 2.73. The van der Waals surface area contributed by atoms with Gasteiger partial charge in [0.15, 0.2) is 0 Å². The molecule has 12 heavy (non-hydrogen) atoms. The summed E-state index contributed by atoms with van der Waals surface area (Å²) in [6, 6.07) is 0.0856. The zero-order chi connectivity index (χ0) is 6.97. The fourth-order valence-electron chi connectivity index (χ4n) is 1.05. The third kappa shape index (κ3) is 2.33. The molecule has 4 nitrogen and oxygen atoms in total. The zero-order valence-electron chi connectivity index (χ0n) is 6.43. The quantitative estimate of drug-likeness (QED) is 0.768. The molecule has 0 aliphatic heterocycles. The van der Waals surface area contributed by atoms with Gasteiger partial charge in [-0.25, -0.2) is 4.98 Å². The molecule has 1 atom stereocenters. The van der Waals surface area contributed by atoms with Crippen LogP contribution in [0.25, 0.3) is 0 Å². The van der Waals surface area contributed by atoms with Crippen LogP contribution in [0, 0.1) is 5.92 Å². The van der Waals surface area contributed by atoms with Gasteiger partial charge in [-0.05, 0) is 18.8 Å². The van der Waals surface area contributed by atoms with Gasteiger partial charge in [0.25, 0.3) is 0 Å². The highest BCUT2D eigenvalue weighted by Crippen LogP contribution is 2.37. The molecule has 0 amide bonds. The van der Waals surface area contributed by atoms with E-state index in [-0.39, 0.29) is 30.9 Å². The molecule has 1 aliphatic carbocycles. The number of aromatic nitrogens is 3. The summed E-state index contributed by atoms with van der Waals surface area (Å²) in [5.74, 6) is 1.47. The summed E-state index contributed by atoms with van der Waals surface area (Å²) >= 11 is 0. The standard InChI is InChI=1S/C6H10N4.2ClH/c7-5(4-1-2-4)6-8-3-9-10-6;;/h3-5H,1-2,7H2,(H,8,9,10);2*1H. The lowest BCUT2D eigenvalue weighted by atomic mass is 10.2. The van der Waals surface area contributed by atoms with Crippen molar-refractivity contribution < 1.29 is 0 Å². The summed E-state index contributed by atoms with van der Waals surface area (Å²) in [5, 5.41) is 6.51. The Morgan fingerprint density at radius 2 is 2.17 bits per heavy atom. The molecule has 70 valence electrons. The Bertz CT molecular complexity index is 209. The van der Waals surface area contributed by atoms with Crippen LogP contribution in [-0.4, -0.2) is 15.2 Å². The van der Waals surface area contributed by atoms with Gasteiger partial charge in [-0.2, -0.15) is 5.10 Å². The van der Waals surface area contributed by atoms with E-state index in [9.17, 15) is 0 Å². The van der Waals surface area contributed by atoms with E-state index in [2.05, 4.69) is 15.2 Å². The Labute approximate surface area is 83.1 Å². The minimum atomic E-state index is 0. The summed E-state index contributed by atoms with van der Waals surface area (Å²) in [6.45, 7) is 0. The number of nitrogens with zero attached hydrogens (tertiary/aromatic N) is 2. The Morgan fingerprint density at radius 1 is 1.50 bits per heavy atom. The van der Waals surface area contributed by atoms with Crippen molar-refractivity contribution in [3.8, 4) is 0 Å². The second kappa shape index (κ2) is 4.64. The Hall–Kier alpha value is -0.320. The number of H-pyrrole nitrogens is 1. The summed E-state index contributed by atoms with van der Waals surface area (Å²) in [7, 11) is 0. The fourth-order valence-corrected chi connectivity index (χ4v) is 1.05. The van der Waals surface area contributed by atoms with E-state index in [0.717, 1.165) is 5.82 Å². The van der Waals surface area contributed by atoms with Crippen LogP contribution in [0.15, 0.2) is 6.33 Å². The largest absolute Gasteiger partial charge is 0.321 e. The van der Waals surface area contributed by atoms with Crippen LogP contribution >= 0.6 is 24.8 Å². The van der Waals surface area contributed by atoms with Crippen LogP contribution in [0.3, 0.4) is 0 Å². The van der Waals surface area contributed by atoms with Crippen molar-refractivity contribution in [2.24, 2.45) is 11.7 Å². The molecule has 1 aromatic rings. The van der Waals surface area contributed by atoms with Crippen molar-refractivity contribution in [3.63, 3.8) is 0 Å². The first kappa shape index (κ1) is 11.7. The maximum atomic E-state index is 5.81. The summed E-state index contributed by atoms with van der Waals surface area (Å²) in [6.07, 6.45) is 3.97. The topological polar surface area (TPSA) is 67.6 Å². The average molecular weight is 211 g/mol. The van der Waals surface area contributed by atoms with Gasteiger partial charge in [-0.1, -0.05) is 0 Å². The fraction of sp³-hybridized carbons (Fsp3) is 0.667. The zero-order valence-corrected chi connectivity index (χ0v) is 8.07. The van der Waals surface area contributed by atoms with Crippen LogP contribution in [-0.2, 0) is 0 Å². The van der Waals surface area contributed by atoms with Gasteiger partial charge in [0.2, 0.25) is 0 Å². The van der Waals surface area contributed by atoms with Gasteiger partial charge in [0.1, 0.15) is 12.2 Å². The third-order valence-electron chi connectivity index (χ3n) is 1.88. The van der Waals surface area contributed by atoms with Crippen molar-refractivity contribution in [1.82, 2.24) is 15.2 Å². The highest BCUT2D eigenvalue weighted by molar-refractivity contribution is 5.85. The van der Waals surface area contributed by atoms with Crippen molar-refractivity contribution in [2.75, 3.05) is 0 Å². The van der Waals surface area contributed by atoms with E-state index in [1.165, 1.54) is 19.2 Å². The number of hydrogen-bond donors (Lipinski definition) is 2. The third-order valence-corrected chi connectivity index (χ3v) is 1.88. The van der Waals surface area contributed by atoms with Crippen LogP contribution in [0.4, 0.5) is 0 Å². The Kier molecular flexibility index (Phi) is 4.52. The van der Waals surface area contributed by atoms with Crippen molar-refractivity contribution >= 4 is 24.8 Å². The molecule has 2 rings (SSSR count). The molecule has 0 spiro atoms. The highest BCUT2D eigenvalue weighted by Gasteiger charge is 2.30. The molecule has 1 heterocycles. The molecule has 0 bridgehead atoms. The molecular weight excluding hydrogens is 199 g/mol. The number of nitrogens with one attached hydrogen (secondary N) is 1. The summed E-state index contributed by atoms with van der Waals surface area (Å²) in [5.41, 5.74) is 5.81. The van der Waals surface area contributed by atoms with E-state index in [0.29, 0.717) is 5.92 Å². The predicted molar refractivity (Wildman–Crippen MR) is 50.5 cm³/mol. The minimum Gasteiger partial charge on any atom is -0.321 e. The lowest BCUT2D eigenvalue weighted by molar-refractivity contribution is 0.596. The maximum Gasteiger partial charge on any atom is 0.141 e. The van der Waals surface area contributed by atoms with E-state index in [4.69, 9.17) is 5.73 Å². The molecular formula is C6H12Cl2N4. The van der Waals surface area contributed by atoms with Gasteiger partial charge in [-0.15, -0.1) is 24.8 Å². The predicted octanol–water partition coefficient (Wildman–Crippen LogP) is 1.06. The molecule has 6 heteroatoms. The van der Waals surface area contributed by atoms with Crippen LogP contribution in [0.1, 0.15) is 24.7 Å². The van der Waals surface area contributed by atoms with Crippen LogP contribution in [0.5, 0.6) is 0 Å². The maximum absolute atomic E-state index is 5.81. The van der Waals surface area contributed by atoms with E-state index in [1.54, 1.807) is 0 Å². The first-order valence-corrected chi connectivity index (χ1v) is 3.49. The smallest absolute Gasteiger partial charge is 0.141 e. The van der Waals surface area contributed by atoms with E-state index in [1.807, 2.05) is 0 Å². The van der Waals surface area contributed by atoms with Crippen LogP contribution in [0.2, 0.25) is 0 Å². The van der Waals surface area contributed by atoms with Gasteiger partial charge in [0, 0.05) is 0 Å². The van der Waals surface area contributed by atoms with Crippen molar-refractivity contribution in [3.05, 3.63) is 12.2 Å². The Balaban J connectivity index is 0.000000605. The molecule has 0 aromatic carbocycles. The lowest BCUT2D eigenvalue weighted by Gasteiger charge is -2.03. The van der Waals surface area contributed by atoms with Gasteiger partial charge in [-0.3, -0.25) is 5.10 Å². The molecule has 1 saturated carbocycles. The average Bonchev–Trinajstić information content (AvgIpc) is 2.65. The minimum absolute atomic E-state index is 0. The van der Waals surface area contributed by atoms with Gasteiger partial charge >= 0.3 is 0 Å². The van der Waals surface area contributed by atoms with Gasteiger partial charge in [0.05, 0.1) is 6.04 Å². The highest BCUT2D eigenvalue weighted by atomic mass is 35.5. The lowest BCUT2D eigenvalue weighted by Crippen LogP contribution is -2.13. The second-order valence-corrected chi connectivity index (χ2v) is 2.73. The van der Waals surface area contributed by atoms with Crippen LogP contribution < -0.4 is 5.73 Å². The summed E-state index contributed by atoms with van der Waals surface area (Å²) < 4.78 is 0. The molecule has 1 fully saturated rings. The number of hydrogen-bond acceptors (Lipinski definition) is 3. The molecule has 3 N–H and O–H groups in total. The first-order chi connectivity index (χ1) is 4.88. The van der Waals surface area contributed by atoms with E-state index < -0.39 is 0 Å². The normalized spacial score (nSPS) is 17.4. The number of nitrogens with two attached hydrogens (primary N) is 1. The Morgan fingerprint density at radius 3 is 2.58 bits per heavy atom. The molecule has 0 radical (unpaired) electrons. The monoisotopic (exact) mass is 210 g/mol. The number of halogens is 2. The number of aromatic amines is 1. The molecule has 1 aromatic heterocycles. The first-order valence-electron chi connectivity index (χ1n) is 3.49. The summed E-state index contributed by atoms with van der Waals surface area (Å²) in [4.78, 5) is 3.99. The van der Waals surface area contributed by atoms with Crippen molar-refractivity contribution in [2.45, 2.75) is 18.9 Å². The molecule has 1 aliphatic rings. The van der Waals surface area contributed by atoms with E-state index >= 15 is 0 Å².